The van der Waals surface area contributed by atoms with Gasteiger partial charge in [0.1, 0.15) is 0 Å². The van der Waals surface area contributed by atoms with Crippen LogP contribution in [0.1, 0.15) is 45.0 Å². The maximum Gasteiger partial charge on any atom is 0.273 e. The van der Waals surface area contributed by atoms with Crippen LogP contribution in [0.4, 0.5) is 0 Å². The Hall–Kier alpha value is -3.33. The van der Waals surface area contributed by atoms with Crippen LogP contribution >= 0.6 is 15.9 Å². The predicted octanol–water partition coefficient (Wildman–Crippen LogP) is 3.90. The normalized spacial score (nSPS) is 14.3. The number of carbonyl (C=O) groups is 2. The van der Waals surface area contributed by atoms with Gasteiger partial charge in [-0.05, 0) is 58.6 Å². The molecule has 8 nitrogen and oxygen atoms in total. The van der Waals surface area contributed by atoms with Gasteiger partial charge < -0.3 is 24.2 Å². The number of nitrogens with zero attached hydrogens (tertiary/aromatic N) is 2. The van der Waals surface area contributed by atoms with E-state index in [1.807, 2.05) is 36.4 Å². The van der Waals surface area contributed by atoms with Gasteiger partial charge >= 0.3 is 0 Å². The van der Waals surface area contributed by atoms with Crippen LogP contribution < -0.4 is 14.8 Å². The van der Waals surface area contributed by atoms with E-state index < -0.39 is 0 Å². The molecule has 0 saturated heterocycles. The fourth-order valence-corrected chi connectivity index (χ4v) is 3.98. The number of hydrogen-bond donors (Lipinski definition) is 1. The molecule has 9 heteroatoms. The van der Waals surface area contributed by atoms with E-state index in [1.54, 1.807) is 17.0 Å². The van der Waals surface area contributed by atoms with Gasteiger partial charge in [-0.3, -0.25) is 9.59 Å². The molecule has 0 bridgehead atoms. The van der Waals surface area contributed by atoms with E-state index in [1.165, 1.54) is 0 Å². The van der Waals surface area contributed by atoms with Crippen LogP contribution in [0.5, 0.6) is 11.5 Å². The van der Waals surface area contributed by atoms with Crippen molar-refractivity contribution in [2.75, 3.05) is 6.79 Å². The van der Waals surface area contributed by atoms with E-state index in [2.05, 4.69) is 26.4 Å². The summed E-state index contributed by atoms with van der Waals surface area (Å²) in [6.45, 7) is 0.772. The number of fused-ring (bicyclic) bond motifs is 1. The number of amides is 2. The Bertz CT molecular complexity index is 1170. The molecule has 5 rings (SSSR count). The molecule has 1 aliphatic carbocycles. The van der Waals surface area contributed by atoms with Gasteiger partial charge in [0, 0.05) is 23.1 Å². The van der Waals surface area contributed by atoms with Crippen LogP contribution in [-0.2, 0) is 13.1 Å². The first kappa shape index (κ1) is 20.6. The second-order valence-corrected chi connectivity index (χ2v) is 8.55. The Labute approximate surface area is 192 Å². The molecule has 0 radical (unpaired) electrons. The van der Waals surface area contributed by atoms with Crippen molar-refractivity contribution in [3.63, 3.8) is 0 Å². The predicted molar refractivity (Wildman–Crippen MR) is 117 cm³/mol. The van der Waals surface area contributed by atoms with Gasteiger partial charge in [-0.2, -0.15) is 0 Å². The van der Waals surface area contributed by atoms with Gasteiger partial charge in [-0.15, -0.1) is 0 Å². The molecule has 1 N–H and O–H groups in total. The van der Waals surface area contributed by atoms with Crippen LogP contribution in [0.2, 0.25) is 0 Å². The number of hydrogen-bond acceptors (Lipinski definition) is 6. The van der Waals surface area contributed by atoms with E-state index in [0.29, 0.717) is 29.4 Å². The molecule has 0 unspecified atom stereocenters. The molecule has 32 heavy (non-hydrogen) atoms. The monoisotopic (exact) mass is 497 g/mol. The summed E-state index contributed by atoms with van der Waals surface area (Å²) in [5.41, 5.74) is 1.65. The summed E-state index contributed by atoms with van der Waals surface area (Å²) in [5.74, 6) is 1.39. The number of halogens is 1. The highest BCUT2D eigenvalue weighted by Crippen LogP contribution is 2.33. The lowest BCUT2D eigenvalue weighted by molar-refractivity contribution is 0.0712. The molecule has 1 fully saturated rings. The molecule has 1 aromatic heterocycles. The summed E-state index contributed by atoms with van der Waals surface area (Å²) in [6, 6.07) is 14.6. The number of carbonyl (C=O) groups excluding carboxylic acids is 2. The zero-order chi connectivity index (χ0) is 22.1. The minimum Gasteiger partial charge on any atom is -0.454 e. The third-order valence-electron chi connectivity index (χ3n) is 5.36. The average molecular weight is 498 g/mol. The molecular weight excluding hydrogens is 478 g/mol. The third kappa shape index (κ3) is 4.34. The van der Waals surface area contributed by atoms with Gasteiger partial charge in [0.25, 0.3) is 11.8 Å². The van der Waals surface area contributed by atoms with Crippen LogP contribution in [-0.4, -0.2) is 34.7 Å². The quantitative estimate of drug-likeness (QED) is 0.531. The first-order valence-electron chi connectivity index (χ1n) is 10.3. The summed E-state index contributed by atoms with van der Waals surface area (Å²) in [7, 11) is 0. The molecule has 164 valence electrons. The van der Waals surface area contributed by atoms with E-state index in [4.69, 9.17) is 14.0 Å². The number of rotatable bonds is 7. The van der Waals surface area contributed by atoms with Crippen molar-refractivity contribution in [2.45, 2.75) is 32.0 Å². The van der Waals surface area contributed by atoms with E-state index in [0.717, 1.165) is 22.9 Å². The summed E-state index contributed by atoms with van der Waals surface area (Å²) >= 11 is 3.45. The van der Waals surface area contributed by atoms with Crippen molar-refractivity contribution in [3.05, 3.63) is 75.6 Å². The first-order valence-corrected chi connectivity index (χ1v) is 11.1. The van der Waals surface area contributed by atoms with Crippen molar-refractivity contribution in [3.8, 4) is 11.5 Å². The maximum absolute atomic E-state index is 13.1. The van der Waals surface area contributed by atoms with Gasteiger partial charge in [-0.1, -0.05) is 23.4 Å². The Morgan fingerprint density at radius 1 is 1.09 bits per heavy atom. The van der Waals surface area contributed by atoms with Gasteiger partial charge in [0.2, 0.25) is 6.79 Å². The molecule has 3 aromatic rings. The van der Waals surface area contributed by atoms with Crippen molar-refractivity contribution in [1.82, 2.24) is 15.4 Å². The Morgan fingerprint density at radius 2 is 1.91 bits per heavy atom. The Kier molecular flexibility index (Phi) is 5.57. The van der Waals surface area contributed by atoms with E-state index in [9.17, 15) is 9.59 Å². The molecule has 2 heterocycles. The van der Waals surface area contributed by atoms with Crippen LogP contribution in [0.15, 0.2) is 57.5 Å². The highest BCUT2D eigenvalue weighted by atomic mass is 79.9. The second kappa shape index (κ2) is 8.66. The number of nitrogens with one attached hydrogen (secondary N) is 1. The summed E-state index contributed by atoms with van der Waals surface area (Å²) in [5, 5.41) is 6.71. The number of benzene rings is 2. The maximum atomic E-state index is 13.1. The summed E-state index contributed by atoms with van der Waals surface area (Å²) in [6.07, 6.45) is 1.90. The van der Waals surface area contributed by atoms with Gasteiger partial charge in [0.15, 0.2) is 23.0 Å². The Morgan fingerprint density at radius 3 is 2.72 bits per heavy atom. The van der Waals surface area contributed by atoms with Gasteiger partial charge in [-0.25, -0.2) is 0 Å². The molecule has 0 spiro atoms. The minimum absolute atomic E-state index is 0.0785. The zero-order valence-electron chi connectivity index (χ0n) is 17.0. The average Bonchev–Trinajstić information content (AvgIpc) is 3.34. The first-order chi connectivity index (χ1) is 15.6. The standard InChI is InChI=1S/C23H20BrN3O5/c24-18-4-2-1-3-17(18)23(29)27(15-6-7-15)12-16-10-19(26-32-16)22(28)25-11-14-5-8-20-21(9-14)31-13-30-20/h1-5,8-10,15H,6-7,11-13H2,(H,25,28). The van der Waals surface area contributed by atoms with Crippen molar-refractivity contribution in [1.29, 1.82) is 0 Å². The lowest BCUT2D eigenvalue weighted by atomic mass is 10.2. The van der Waals surface area contributed by atoms with Crippen molar-refractivity contribution in [2.24, 2.45) is 0 Å². The highest BCUT2D eigenvalue weighted by Gasteiger charge is 2.34. The summed E-state index contributed by atoms with van der Waals surface area (Å²) < 4.78 is 16.8. The second-order valence-electron chi connectivity index (χ2n) is 7.69. The Balaban J connectivity index is 1.23. The van der Waals surface area contributed by atoms with Gasteiger partial charge in [0.05, 0.1) is 12.1 Å². The smallest absolute Gasteiger partial charge is 0.273 e. The number of ether oxygens (including phenoxy) is 2. The fourth-order valence-electron chi connectivity index (χ4n) is 3.53. The molecule has 1 saturated carbocycles. The minimum atomic E-state index is -0.354. The van der Waals surface area contributed by atoms with Crippen LogP contribution in [0, 0.1) is 0 Å². The molecule has 2 aromatic carbocycles. The lowest BCUT2D eigenvalue weighted by Gasteiger charge is -2.21. The zero-order valence-corrected chi connectivity index (χ0v) is 18.6. The van der Waals surface area contributed by atoms with E-state index >= 15 is 0 Å². The fraction of sp³-hybridized carbons (Fsp3) is 0.261. The van der Waals surface area contributed by atoms with E-state index in [-0.39, 0.29) is 36.9 Å². The third-order valence-corrected chi connectivity index (χ3v) is 6.05. The largest absolute Gasteiger partial charge is 0.454 e. The molecule has 2 amide bonds. The molecular formula is C23H20BrN3O5. The molecule has 0 atom stereocenters. The summed E-state index contributed by atoms with van der Waals surface area (Å²) in [4.78, 5) is 27.4. The van der Waals surface area contributed by atoms with Crippen molar-refractivity contribution < 1.29 is 23.6 Å². The topological polar surface area (TPSA) is 93.9 Å². The number of aromatic nitrogens is 1. The molecule has 2 aliphatic rings. The molecule has 1 aliphatic heterocycles. The van der Waals surface area contributed by atoms with Crippen molar-refractivity contribution >= 4 is 27.7 Å². The highest BCUT2D eigenvalue weighted by molar-refractivity contribution is 9.10. The van der Waals surface area contributed by atoms with Crippen LogP contribution in [0.25, 0.3) is 0 Å². The lowest BCUT2D eigenvalue weighted by Crippen LogP contribution is -2.32. The SMILES string of the molecule is O=C(NCc1ccc2c(c1)OCO2)c1cc(CN(C(=O)c2ccccc2Br)C2CC2)on1. The van der Waals surface area contributed by atoms with Crippen LogP contribution in [0.3, 0.4) is 0 Å².